The minimum Gasteiger partial charge on any atom is -0.378 e. The summed E-state index contributed by atoms with van der Waals surface area (Å²) in [5.74, 6) is 0.837. The van der Waals surface area contributed by atoms with Gasteiger partial charge in [-0.3, -0.25) is 0 Å². The summed E-state index contributed by atoms with van der Waals surface area (Å²) >= 11 is 3.71. The van der Waals surface area contributed by atoms with Crippen LogP contribution in [0.15, 0.2) is 0 Å². The SMILES string of the molecule is CCC(Br)C1CCOC(C)C1. The molecule has 1 aliphatic rings. The smallest absolute Gasteiger partial charge is 0.0550 e. The Morgan fingerprint density at radius 1 is 1.64 bits per heavy atom. The number of alkyl halides is 1. The van der Waals surface area contributed by atoms with Gasteiger partial charge in [-0.15, -0.1) is 0 Å². The molecular weight excluding hydrogens is 204 g/mol. The summed E-state index contributed by atoms with van der Waals surface area (Å²) in [5, 5.41) is 0. The van der Waals surface area contributed by atoms with E-state index >= 15 is 0 Å². The van der Waals surface area contributed by atoms with Gasteiger partial charge in [0.1, 0.15) is 0 Å². The number of halogens is 1. The van der Waals surface area contributed by atoms with E-state index in [0.29, 0.717) is 10.9 Å². The fourth-order valence-corrected chi connectivity index (χ4v) is 2.17. The third kappa shape index (κ3) is 2.75. The normalized spacial score (nSPS) is 35.2. The van der Waals surface area contributed by atoms with Crippen molar-refractivity contribution in [1.29, 1.82) is 0 Å². The van der Waals surface area contributed by atoms with Crippen molar-refractivity contribution in [2.45, 2.75) is 44.0 Å². The first-order valence-corrected chi connectivity index (χ1v) is 5.41. The van der Waals surface area contributed by atoms with Gasteiger partial charge in [0.15, 0.2) is 0 Å². The lowest BCUT2D eigenvalue weighted by atomic mass is 9.92. The van der Waals surface area contributed by atoms with Crippen molar-refractivity contribution in [2.75, 3.05) is 6.61 Å². The molecule has 0 radical (unpaired) electrons. The van der Waals surface area contributed by atoms with E-state index in [9.17, 15) is 0 Å². The van der Waals surface area contributed by atoms with Crippen LogP contribution >= 0.6 is 15.9 Å². The van der Waals surface area contributed by atoms with Gasteiger partial charge in [0, 0.05) is 11.4 Å². The van der Waals surface area contributed by atoms with Gasteiger partial charge in [-0.2, -0.15) is 0 Å². The fourth-order valence-electron chi connectivity index (χ4n) is 1.69. The van der Waals surface area contributed by atoms with Gasteiger partial charge < -0.3 is 4.74 Å². The van der Waals surface area contributed by atoms with Crippen molar-refractivity contribution in [3.05, 3.63) is 0 Å². The molecule has 1 heterocycles. The molecule has 66 valence electrons. The van der Waals surface area contributed by atoms with E-state index in [0.717, 1.165) is 12.5 Å². The summed E-state index contributed by atoms with van der Waals surface area (Å²) < 4.78 is 5.48. The highest BCUT2D eigenvalue weighted by molar-refractivity contribution is 9.09. The highest BCUT2D eigenvalue weighted by Gasteiger charge is 2.23. The molecule has 1 nitrogen and oxygen atoms in total. The van der Waals surface area contributed by atoms with Crippen LogP contribution in [0.2, 0.25) is 0 Å². The minimum atomic E-state index is 0.473. The van der Waals surface area contributed by atoms with Crippen molar-refractivity contribution >= 4 is 15.9 Å². The molecule has 1 saturated heterocycles. The molecule has 0 spiro atoms. The van der Waals surface area contributed by atoms with E-state index in [2.05, 4.69) is 29.8 Å². The maximum atomic E-state index is 5.48. The van der Waals surface area contributed by atoms with Crippen LogP contribution in [0.1, 0.15) is 33.1 Å². The van der Waals surface area contributed by atoms with Gasteiger partial charge in [0.2, 0.25) is 0 Å². The second kappa shape index (κ2) is 4.46. The van der Waals surface area contributed by atoms with Gasteiger partial charge >= 0.3 is 0 Å². The molecule has 1 fully saturated rings. The number of hydrogen-bond acceptors (Lipinski definition) is 1. The molecule has 0 aliphatic carbocycles. The first-order valence-electron chi connectivity index (χ1n) is 4.49. The van der Waals surface area contributed by atoms with Crippen LogP contribution < -0.4 is 0 Å². The summed E-state index contributed by atoms with van der Waals surface area (Å²) in [6.45, 7) is 5.36. The van der Waals surface area contributed by atoms with E-state index in [1.54, 1.807) is 0 Å². The molecule has 0 aromatic heterocycles. The minimum absolute atomic E-state index is 0.473. The van der Waals surface area contributed by atoms with Crippen LogP contribution in [0.4, 0.5) is 0 Å². The van der Waals surface area contributed by atoms with Crippen molar-refractivity contribution in [2.24, 2.45) is 5.92 Å². The topological polar surface area (TPSA) is 9.23 Å². The van der Waals surface area contributed by atoms with E-state index in [-0.39, 0.29) is 0 Å². The van der Waals surface area contributed by atoms with Crippen LogP contribution in [0.5, 0.6) is 0 Å². The molecule has 11 heavy (non-hydrogen) atoms. The van der Waals surface area contributed by atoms with E-state index in [1.165, 1.54) is 19.3 Å². The molecule has 2 heteroatoms. The first-order chi connectivity index (χ1) is 5.24. The van der Waals surface area contributed by atoms with Gasteiger partial charge in [0.25, 0.3) is 0 Å². The van der Waals surface area contributed by atoms with Gasteiger partial charge in [-0.05, 0) is 32.1 Å². The average molecular weight is 221 g/mol. The van der Waals surface area contributed by atoms with E-state index in [4.69, 9.17) is 4.74 Å². The van der Waals surface area contributed by atoms with Crippen molar-refractivity contribution in [1.82, 2.24) is 0 Å². The summed E-state index contributed by atoms with van der Waals surface area (Å²) in [5.41, 5.74) is 0. The first kappa shape index (κ1) is 9.53. The molecule has 3 unspecified atom stereocenters. The zero-order chi connectivity index (χ0) is 8.27. The standard InChI is InChI=1S/C9H17BrO/c1-3-9(10)8-4-5-11-7(2)6-8/h7-9H,3-6H2,1-2H3. The van der Waals surface area contributed by atoms with Crippen LogP contribution in [-0.2, 0) is 4.74 Å². The molecule has 0 bridgehead atoms. The highest BCUT2D eigenvalue weighted by atomic mass is 79.9. The Morgan fingerprint density at radius 3 is 2.91 bits per heavy atom. The number of ether oxygens (including phenoxy) is 1. The Balaban J connectivity index is 2.33. The Labute approximate surface area is 77.6 Å². The molecule has 1 aliphatic heterocycles. The van der Waals surface area contributed by atoms with Crippen LogP contribution in [-0.4, -0.2) is 17.5 Å². The van der Waals surface area contributed by atoms with E-state index in [1.807, 2.05) is 0 Å². The van der Waals surface area contributed by atoms with Crippen molar-refractivity contribution in [3.63, 3.8) is 0 Å². The molecule has 3 atom stereocenters. The summed E-state index contributed by atoms with van der Waals surface area (Å²) in [6.07, 6.45) is 4.16. The molecular formula is C9H17BrO. The number of rotatable bonds is 2. The Kier molecular flexibility index (Phi) is 3.86. The second-order valence-electron chi connectivity index (χ2n) is 3.39. The maximum absolute atomic E-state index is 5.48. The quantitative estimate of drug-likeness (QED) is 0.651. The van der Waals surface area contributed by atoms with Crippen molar-refractivity contribution in [3.8, 4) is 0 Å². The Morgan fingerprint density at radius 2 is 2.36 bits per heavy atom. The zero-order valence-electron chi connectivity index (χ0n) is 7.35. The van der Waals surface area contributed by atoms with Crippen LogP contribution in [0.3, 0.4) is 0 Å². The molecule has 0 amide bonds. The van der Waals surface area contributed by atoms with Gasteiger partial charge in [-0.1, -0.05) is 22.9 Å². The summed E-state index contributed by atoms with van der Waals surface area (Å²) in [6, 6.07) is 0. The van der Waals surface area contributed by atoms with Crippen LogP contribution in [0, 0.1) is 5.92 Å². The molecule has 0 saturated carbocycles. The predicted octanol–water partition coefficient (Wildman–Crippen LogP) is 2.98. The predicted molar refractivity (Wildman–Crippen MR) is 51.1 cm³/mol. The maximum Gasteiger partial charge on any atom is 0.0550 e. The molecule has 0 N–H and O–H groups in total. The molecule has 0 aromatic rings. The monoisotopic (exact) mass is 220 g/mol. The average Bonchev–Trinajstić information content (AvgIpc) is 2.03. The Bertz CT molecular complexity index is 116. The summed E-state index contributed by atoms with van der Waals surface area (Å²) in [4.78, 5) is 0.703. The summed E-state index contributed by atoms with van der Waals surface area (Å²) in [7, 11) is 0. The third-order valence-corrected chi connectivity index (χ3v) is 3.82. The largest absolute Gasteiger partial charge is 0.378 e. The third-order valence-electron chi connectivity index (χ3n) is 2.43. The lowest BCUT2D eigenvalue weighted by molar-refractivity contribution is 0.00254. The zero-order valence-corrected chi connectivity index (χ0v) is 8.93. The molecule has 1 rings (SSSR count). The van der Waals surface area contributed by atoms with Crippen molar-refractivity contribution < 1.29 is 4.74 Å². The highest BCUT2D eigenvalue weighted by Crippen LogP contribution is 2.28. The Hall–Kier alpha value is 0.440. The van der Waals surface area contributed by atoms with Gasteiger partial charge in [-0.25, -0.2) is 0 Å². The van der Waals surface area contributed by atoms with E-state index < -0.39 is 0 Å². The van der Waals surface area contributed by atoms with Crippen LogP contribution in [0.25, 0.3) is 0 Å². The fraction of sp³-hybridized carbons (Fsp3) is 1.00. The lowest BCUT2D eigenvalue weighted by Gasteiger charge is -2.30. The molecule has 0 aromatic carbocycles. The second-order valence-corrected chi connectivity index (χ2v) is 4.57. The number of hydrogen-bond donors (Lipinski definition) is 0. The lowest BCUT2D eigenvalue weighted by Crippen LogP contribution is -2.28. The van der Waals surface area contributed by atoms with Gasteiger partial charge in [0.05, 0.1) is 6.10 Å².